The highest BCUT2D eigenvalue weighted by Gasteiger charge is 2.23. The monoisotopic (exact) mass is 840 g/mol. The largest absolute Gasteiger partial charge is 0.309 e. The molecule has 6 nitrogen and oxygen atoms in total. The molecule has 0 unspecified atom stereocenters. The molecule has 0 bridgehead atoms. The summed E-state index contributed by atoms with van der Waals surface area (Å²) in [4.78, 5) is 14.1. The molecule has 8 aromatic carbocycles. The van der Waals surface area contributed by atoms with E-state index in [2.05, 4.69) is 154 Å². The van der Waals surface area contributed by atoms with Gasteiger partial charge in [-0.05, 0) is 72.3 Å². The fourth-order valence-electron chi connectivity index (χ4n) is 9.52. The molecule has 0 aliphatic rings. The van der Waals surface area contributed by atoms with E-state index < -0.39 is 0 Å². The van der Waals surface area contributed by atoms with Crippen LogP contribution < -0.4 is 0 Å². The number of pyridine rings is 2. The zero-order valence-corrected chi connectivity index (χ0v) is 35.5. The summed E-state index contributed by atoms with van der Waals surface area (Å²) in [5.41, 5.74) is 15.8. The number of hydrogen-bond donors (Lipinski definition) is 0. The Balaban J connectivity index is 1.11. The van der Waals surface area contributed by atoms with Crippen molar-refractivity contribution in [2.24, 2.45) is 0 Å². The summed E-state index contributed by atoms with van der Waals surface area (Å²) in [6.45, 7) is 8.00. The lowest BCUT2D eigenvalue weighted by Gasteiger charge is -2.19. The van der Waals surface area contributed by atoms with Crippen molar-refractivity contribution >= 4 is 49.3 Å². The second kappa shape index (κ2) is 15.8. The first kappa shape index (κ1) is 38.3. The zero-order chi connectivity index (χ0) is 44.1. The Kier molecular flexibility index (Phi) is 9.16. The minimum absolute atomic E-state index is 0.506. The third kappa shape index (κ3) is 6.41. The van der Waals surface area contributed by atoms with Gasteiger partial charge in [-0.3, -0.25) is 0 Å². The quantitative estimate of drug-likeness (QED) is 0.150. The second-order valence-corrected chi connectivity index (χ2v) is 16.4. The van der Waals surface area contributed by atoms with Gasteiger partial charge in [0.2, 0.25) is 0 Å². The molecule has 4 heterocycles. The molecule has 0 radical (unpaired) electrons. The highest BCUT2D eigenvalue weighted by molar-refractivity contribution is 6.12. The minimum Gasteiger partial charge on any atom is -0.309 e. The van der Waals surface area contributed by atoms with Crippen LogP contribution in [0.5, 0.6) is 0 Å². The molecule has 0 fully saturated rings. The molecule has 0 saturated carbocycles. The van der Waals surface area contributed by atoms with E-state index in [-0.39, 0.29) is 0 Å². The fraction of sp³-hybridized carbons (Fsp3) is 0. The average molecular weight is 841 g/mol. The number of aromatic nitrogens is 4. The van der Waals surface area contributed by atoms with E-state index in [0.29, 0.717) is 11.3 Å². The highest BCUT2D eigenvalue weighted by atomic mass is 15.0. The number of rotatable bonds is 7. The minimum atomic E-state index is 0.506. The topological polar surface area (TPSA) is 63.8 Å². The molecule has 12 rings (SSSR count). The molecule has 12 aromatic rings. The first-order valence-electron chi connectivity index (χ1n) is 21.8. The fourth-order valence-corrected chi connectivity index (χ4v) is 9.52. The lowest BCUT2D eigenvalue weighted by atomic mass is 9.98. The third-order valence-corrected chi connectivity index (χ3v) is 12.6. The lowest BCUT2D eigenvalue weighted by Crippen LogP contribution is -2.04. The maximum atomic E-state index is 11.3. The van der Waals surface area contributed by atoms with E-state index in [1.54, 1.807) is 0 Å². The molecule has 0 N–H and O–H groups in total. The number of para-hydroxylation sites is 2. The maximum Gasteiger partial charge on any atom is 0.187 e. The van der Waals surface area contributed by atoms with Crippen molar-refractivity contribution in [2.75, 3.05) is 0 Å². The summed E-state index contributed by atoms with van der Waals surface area (Å²) in [6, 6.07) is 77.1. The SMILES string of the molecule is [C-]#[N+]c1cccc(-c2cc(-n3c4ccccc4c4ccc(-c5cccc(-c6ccccc6)n5)cc43)c(C#N)cc2-n2c3ccccc3c3ccc(-c4cccc(-c5ccccc5)n4)cc32)c1. The zero-order valence-electron chi connectivity index (χ0n) is 35.5. The van der Waals surface area contributed by atoms with Crippen molar-refractivity contribution < 1.29 is 0 Å². The summed E-state index contributed by atoms with van der Waals surface area (Å²) < 4.78 is 4.49. The van der Waals surface area contributed by atoms with Gasteiger partial charge in [0.05, 0.1) is 68.4 Å². The first-order valence-corrected chi connectivity index (χ1v) is 21.8. The van der Waals surface area contributed by atoms with Gasteiger partial charge in [-0.15, -0.1) is 0 Å². The summed E-state index contributed by atoms with van der Waals surface area (Å²) >= 11 is 0. The van der Waals surface area contributed by atoms with Crippen LogP contribution >= 0.6 is 0 Å². The van der Waals surface area contributed by atoms with Crippen molar-refractivity contribution in [3.8, 4) is 73.6 Å². The van der Waals surface area contributed by atoms with Gasteiger partial charge in [0, 0.05) is 49.4 Å². The predicted molar refractivity (Wildman–Crippen MR) is 269 cm³/mol. The molecule has 4 aromatic heterocycles. The Labute approximate surface area is 381 Å². The molecule has 0 atom stereocenters. The number of fused-ring (bicyclic) bond motifs is 6. The Morgan fingerprint density at radius 3 is 1.36 bits per heavy atom. The molecule has 0 amide bonds. The van der Waals surface area contributed by atoms with Crippen LogP contribution in [0.4, 0.5) is 5.69 Å². The molecule has 306 valence electrons. The van der Waals surface area contributed by atoms with E-state index >= 15 is 0 Å². The Morgan fingerprint density at radius 1 is 0.379 bits per heavy atom. The van der Waals surface area contributed by atoms with Gasteiger partial charge in [0.25, 0.3) is 0 Å². The van der Waals surface area contributed by atoms with Gasteiger partial charge in [0.1, 0.15) is 6.07 Å². The summed E-state index contributed by atoms with van der Waals surface area (Å²) in [7, 11) is 0. The van der Waals surface area contributed by atoms with Gasteiger partial charge < -0.3 is 9.13 Å². The van der Waals surface area contributed by atoms with Crippen LogP contribution in [0, 0.1) is 17.9 Å². The Bertz CT molecular complexity index is 3960. The van der Waals surface area contributed by atoms with Crippen molar-refractivity contribution in [3.05, 3.63) is 235 Å². The lowest BCUT2D eigenvalue weighted by molar-refractivity contribution is 1.14. The molecular weight excluding hydrogens is 805 g/mol. The van der Waals surface area contributed by atoms with Gasteiger partial charge >= 0.3 is 0 Å². The van der Waals surface area contributed by atoms with E-state index in [1.165, 1.54) is 0 Å². The number of benzene rings is 8. The molecule has 6 heteroatoms. The smallest absolute Gasteiger partial charge is 0.187 e. The number of hydrogen-bond acceptors (Lipinski definition) is 3. The van der Waals surface area contributed by atoms with Gasteiger partial charge in [0.15, 0.2) is 5.69 Å². The van der Waals surface area contributed by atoms with Crippen LogP contribution in [0.2, 0.25) is 0 Å². The van der Waals surface area contributed by atoms with Crippen LogP contribution in [-0.4, -0.2) is 19.1 Å². The van der Waals surface area contributed by atoms with Crippen LogP contribution in [0.25, 0.3) is 116 Å². The predicted octanol–water partition coefficient (Wildman–Crippen LogP) is 15.4. The summed E-state index contributed by atoms with van der Waals surface area (Å²) in [5, 5.41) is 15.6. The van der Waals surface area contributed by atoms with Crippen LogP contribution in [0.15, 0.2) is 218 Å². The van der Waals surface area contributed by atoms with Crippen molar-refractivity contribution in [1.29, 1.82) is 5.26 Å². The van der Waals surface area contributed by atoms with Crippen molar-refractivity contribution in [3.63, 3.8) is 0 Å². The highest BCUT2D eigenvalue weighted by Crippen LogP contribution is 2.43. The number of nitrogens with zero attached hydrogens (tertiary/aromatic N) is 6. The van der Waals surface area contributed by atoms with Crippen LogP contribution in [-0.2, 0) is 0 Å². The molecule has 0 aliphatic heterocycles. The van der Waals surface area contributed by atoms with E-state index in [0.717, 1.165) is 111 Å². The van der Waals surface area contributed by atoms with Crippen molar-refractivity contribution in [2.45, 2.75) is 0 Å². The molecule has 66 heavy (non-hydrogen) atoms. The molecule has 0 spiro atoms. The average Bonchev–Trinajstić information content (AvgIpc) is 3.91. The van der Waals surface area contributed by atoms with E-state index in [4.69, 9.17) is 16.5 Å². The summed E-state index contributed by atoms with van der Waals surface area (Å²) in [5.74, 6) is 0. The number of nitriles is 1. The second-order valence-electron chi connectivity index (χ2n) is 16.4. The molecule has 0 saturated heterocycles. The first-order chi connectivity index (χ1) is 32.6. The third-order valence-electron chi connectivity index (χ3n) is 12.6. The van der Waals surface area contributed by atoms with Gasteiger partial charge in [-0.2, -0.15) is 5.26 Å². The normalized spacial score (nSPS) is 11.3. The van der Waals surface area contributed by atoms with E-state index in [1.807, 2.05) is 84.9 Å². The van der Waals surface area contributed by atoms with Crippen LogP contribution in [0.3, 0.4) is 0 Å². The van der Waals surface area contributed by atoms with E-state index in [9.17, 15) is 5.26 Å². The molecule has 0 aliphatic carbocycles. The molecular formula is C60H36N6. The van der Waals surface area contributed by atoms with Crippen LogP contribution in [0.1, 0.15) is 5.56 Å². The van der Waals surface area contributed by atoms with Gasteiger partial charge in [-0.1, -0.05) is 152 Å². The van der Waals surface area contributed by atoms with Crippen molar-refractivity contribution in [1.82, 2.24) is 19.1 Å². The summed E-state index contributed by atoms with van der Waals surface area (Å²) in [6.07, 6.45) is 0. The standard InChI is InChI=1S/C60H36N6/c1-62-45-20-12-19-41(33-45)50-37-57(65-55-27-10-8-21-46(55)48-31-29-42(34-58(48)65)53-25-13-23-51(63-53)39-15-4-2-5-16-39)44(38-61)36-60(50)66-56-28-11-9-22-47(56)49-32-30-43(35-59(49)66)54-26-14-24-52(64-54)40-17-6-3-7-18-40/h2-37H. The maximum absolute atomic E-state index is 11.3. The Hall–Kier alpha value is -9.36. The Morgan fingerprint density at radius 2 is 0.833 bits per heavy atom. The van der Waals surface area contributed by atoms with Gasteiger partial charge in [-0.25, -0.2) is 14.8 Å².